The van der Waals surface area contributed by atoms with Crippen LogP contribution in [0.5, 0.6) is 0 Å². The van der Waals surface area contributed by atoms with Gasteiger partial charge in [0.25, 0.3) is 0 Å². The summed E-state index contributed by atoms with van der Waals surface area (Å²) >= 11 is 0. The number of likely N-dealkylation sites (tertiary alicyclic amines) is 1. The summed E-state index contributed by atoms with van der Waals surface area (Å²) in [6.45, 7) is 6.69. The maximum Gasteiger partial charge on any atom is 0.242 e. The van der Waals surface area contributed by atoms with Gasteiger partial charge in [-0.2, -0.15) is 0 Å². The smallest absolute Gasteiger partial charge is 0.242 e. The number of aliphatic hydroxyl groups excluding tert-OH is 1. The van der Waals surface area contributed by atoms with Crippen LogP contribution in [-0.2, 0) is 9.53 Å². The van der Waals surface area contributed by atoms with E-state index in [0.717, 1.165) is 32.5 Å². The zero-order valence-electron chi connectivity index (χ0n) is 11.7. The van der Waals surface area contributed by atoms with Crippen molar-refractivity contribution in [3.8, 4) is 0 Å². The van der Waals surface area contributed by atoms with Gasteiger partial charge in [-0.25, -0.2) is 0 Å². The minimum atomic E-state index is -0.266. The summed E-state index contributed by atoms with van der Waals surface area (Å²) in [4.78, 5) is 14.3. The molecule has 0 aliphatic carbocycles. The van der Waals surface area contributed by atoms with Gasteiger partial charge in [0.2, 0.25) is 5.91 Å². The van der Waals surface area contributed by atoms with Gasteiger partial charge >= 0.3 is 0 Å². The second-order valence-corrected chi connectivity index (χ2v) is 5.41. The fraction of sp³-hybridized carbons (Fsp3) is 0.923. The lowest BCUT2D eigenvalue weighted by Crippen LogP contribution is -2.57. The fourth-order valence-electron chi connectivity index (χ4n) is 2.81. The number of nitrogens with zero attached hydrogens (tertiary/aromatic N) is 1. The van der Waals surface area contributed by atoms with Crippen molar-refractivity contribution in [2.75, 3.05) is 26.2 Å². The number of morpholine rings is 1. The number of rotatable bonds is 2. The molecule has 0 aromatic rings. The highest BCUT2D eigenvalue weighted by Gasteiger charge is 2.34. The van der Waals surface area contributed by atoms with E-state index < -0.39 is 0 Å². The van der Waals surface area contributed by atoms with Crippen LogP contribution in [0, 0.1) is 5.92 Å². The van der Waals surface area contributed by atoms with Crippen LogP contribution in [-0.4, -0.2) is 60.4 Å². The molecule has 0 saturated carbocycles. The van der Waals surface area contributed by atoms with Crippen molar-refractivity contribution < 1.29 is 14.6 Å². The van der Waals surface area contributed by atoms with Gasteiger partial charge in [-0.05, 0) is 32.6 Å². The molecule has 2 saturated heterocycles. The predicted octanol–water partition coefficient (Wildman–Crippen LogP) is 0.404. The molecule has 0 aromatic carbocycles. The Morgan fingerprint density at radius 1 is 1.42 bits per heavy atom. The standard InChI is InChI=1S/C13H24N2O3.ClH/c1-9(16)11-3-6-15(7-4-11)13(17)12-10(2)18-8-5-14-12;/h9-12,14,16H,3-8H2,1-2H3;1H/t9?,10-,12+;/m1./s1. The summed E-state index contributed by atoms with van der Waals surface area (Å²) in [5.41, 5.74) is 0. The van der Waals surface area contributed by atoms with Crippen molar-refractivity contribution in [1.82, 2.24) is 10.2 Å². The highest BCUT2D eigenvalue weighted by atomic mass is 35.5. The van der Waals surface area contributed by atoms with Crippen LogP contribution in [0.2, 0.25) is 0 Å². The first-order valence-corrected chi connectivity index (χ1v) is 6.91. The van der Waals surface area contributed by atoms with Gasteiger partial charge in [0.05, 0.1) is 18.8 Å². The molecule has 2 rings (SSSR count). The number of carbonyl (C=O) groups excluding carboxylic acids is 1. The summed E-state index contributed by atoms with van der Waals surface area (Å²) in [5.74, 6) is 0.480. The summed E-state index contributed by atoms with van der Waals surface area (Å²) in [6, 6.07) is -0.207. The van der Waals surface area contributed by atoms with Crippen LogP contribution in [0.3, 0.4) is 0 Å². The maximum atomic E-state index is 12.4. The van der Waals surface area contributed by atoms with Gasteiger partial charge in [0.1, 0.15) is 6.04 Å². The molecule has 112 valence electrons. The molecule has 19 heavy (non-hydrogen) atoms. The molecule has 2 N–H and O–H groups in total. The first kappa shape index (κ1) is 16.7. The molecular formula is C13H25ClN2O3. The van der Waals surface area contributed by atoms with E-state index >= 15 is 0 Å². The molecule has 5 nitrogen and oxygen atoms in total. The van der Waals surface area contributed by atoms with Crippen LogP contribution in [0.1, 0.15) is 26.7 Å². The topological polar surface area (TPSA) is 61.8 Å². The van der Waals surface area contributed by atoms with Gasteiger partial charge < -0.3 is 20.1 Å². The van der Waals surface area contributed by atoms with E-state index in [1.807, 2.05) is 18.7 Å². The van der Waals surface area contributed by atoms with Crippen LogP contribution >= 0.6 is 12.4 Å². The lowest BCUT2D eigenvalue weighted by molar-refractivity contribution is -0.141. The molecule has 2 aliphatic heterocycles. The van der Waals surface area contributed by atoms with E-state index in [0.29, 0.717) is 12.5 Å². The zero-order chi connectivity index (χ0) is 13.1. The van der Waals surface area contributed by atoms with E-state index in [-0.39, 0.29) is 36.6 Å². The SMILES string of the molecule is CC(O)C1CCN(C(=O)[C@H]2NCCO[C@@H]2C)CC1.Cl. The van der Waals surface area contributed by atoms with Gasteiger partial charge in [-0.15, -0.1) is 12.4 Å². The first-order valence-electron chi connectivity index (χ1n) is 6.91. The Hall–Kier alpha value is -0.360. The number of piperidine rings is 1. The van der Waals surface area contributed by atoms with Crippen LogP contribution in [0.4, 0.5) is 0 Å². The third-order valence-electron chi connectivity index (χ3n) is 4.12. The molecule has 2 fully saturated rings. The Balaban J connectivity index is 0.00000180. The highest BCUT2D eigenvalue weighted by Crippen LogP contribution is 2.21. The van der Waals surface area contributed by atoms with Gasteiger partial charge in [-0.3, -0.25) is 4.79 Å². The molecule has 1 amide bonds. The maximum absolute atomic E-state index is 12.4. The summed E-state index contributed by atoms with van der Waals surface area (Å²) in [7, 11) is 0. The van der Waals surface area contributed by atoms with Gasteiger partial charge in [-0.1, -0.05) is 0 Å². The van der Waals surface area contributed by atoms with Crippen molar-refractivity contribution in [1.29, 1.82) is 0 Å². The Morgan fingerprint density at radius 3 is 2.58 bits per heavy atom. The third-order valence-corrected chi connectivity index (χ3v) is 4.12. The number of hydrogen-bond acceptors (Lipinski definition) is 4. The Kier molecular flexibility index (Phi) is 6.53. The van der Waals surface area contributed by atoms with E-state index in [2.05, 4.69) is 5.32 Å². The minimum absolute atomic E-state index is 0. The normalized spacial score (nSPS) is 30.6. The second kappa shape index (κ2) is 7.43. The number of carbonyl (C=O) groups is 1. The van der Waals surface area contributed by atoms with Crippen molar-refractivity contribution in [3.05, 3.63) is 0 Å². The molecule has 1 unspecified atom stereocenters. The van der Waals surface area contributed by atoms with Crippen molar-refractivity contribution in [2.45, 2.75) is 44.9 Å². The average molecular weight is 293 g/mol. The monoisotopic (exact) mass is 292 g/mol. The Bertz CT molecular complexity index is 294. The molecule has 2 aliphatic rings. The molecular weight excluding hydrogens is 268 g/mol. The predicted molar refractivity (Wildman–Crippen MR) is 75.4 cm³/mol. The molecule has 0 aromatic heterocycles. The molecule has 0 spiro atoms. The number of ether oxygens (including phenoxy) is 1. The molecule has 0 bridgehead atoms. The Morgan fingerprint density at radius 2 is 2.05 bits per heavy atom. The second-order valence-electron chi connectivity index (χ2n) is 5.41. The largest absolute Gasteiger partial charge is 0.393 e. The molecule has 2 heterocycles. The highest BCUT2D eigenvalue weighted by molar-refractivity contribution is 5.85. The van der Waals surface area contributed by atoms with Gasteiger partial charge in [0, 0.05) is 19.6 Å². The fourth-order valence-corrected chi connectivity index (χ4v) is 2.81. The number of nitrogens with one attached hydrogen (secondary N) is 1. The number of amides is 1. The lowest BCUT2D eigenvalue weighted by atomic mass is 9.91. The number of halogens is 1. The number of aliphatic hydroxyl groups is 1. The van der Waals surface area contributed by atoms with Crippen LogP contribution in [0.15, 0.2) is 0 Å². The molecule has 0 radical (unpaired) electrons. The first-order chi connectivity index (χ1) is 8.59. The van der Waals surface area contributed by atoms with Crippen molar-refractivity contribution in [3.63, 3.8) is 0 Å². The van der Waals surface area contributed by atoms with Crippen molar-refractivity contribution >= 4 is 18.3 Å². The number of hydrogen-bond donors (Lipinski definition) is 2. The van der Waals surface area contributed by atoms with Gasteiger partial charge in [0.15, 0.2) is 0 Å². The lowest BCUT2D eigenvalue weighted by Gasteiger charge is -2.38. The van der Waals surface area contributed by atoms with E-state index in [1.54, 1.807) is 0 Å². The molecule has 3 atom stereocenters. The summed E-state index contributed by atoms with van der Waals surface area (Å²) in [5, 5.41) is 12.8. The van der Waals surface area contributed by atoms with Crippen LogP contribution in [0.25, 0.3) is 0 Å². The summed E-state index contributed by atoms with van der Waals surface area (Å²) in [6.07, 6.45) is 1.47. The van der Waals surface area contributed by atoms with E-state index in [1.165, 1.54) is 0 Å². The van der Waals surface area contributed by atoms with E-state index in [9.17, 15) is 9.90 Å². The zero-order valence-corrected chi connectivity index (χ0v) is 12.5. The quantitative estimate of drug-likeness (QED) is 0.774. The average Bonchev–Trinajstić information content (AvgIpc) is 2.38. The third kappa shape index (κ3) is 4.05. The van der Waals surface area contributed by atoms with E-state index in [4.69, 9.17) is 4.74 Å². The minimum Gasteiger partial charge on any atom is -0.393 e. The van der Waals surface area contributed by atoms with Crippen molar-refractivity contribution in [2.24, 2.45) is 5.92 Å². The molecule has 6 heteroatoms. The Labute approximate surface area is 121 Å². The van der Waals surface area contributed by atoms with Crippen LogP contribution < -0.4 is 5.32 Å². The summed E-state index contributed by atoms with van der Waals surface area (Å²) < 4.78 is 5.51.